The molecule has 0 bridgehead atoms. The third-order valence-corrected chi connectivity index (χ3v) is 6.52. The maximum absolute atomic E-state index is 13.4. The molecule has 3 N–H and O–H groups in total. The molecular weight excluding hydrogens is 464 g/mol. The van der Waals surface area contributed by atoms with E-state index in [9.17, 15) is 13.9 Å². The Bertz CT molecular complexity index is 1370. The summed E-state index contributed by atoms with van der Waals surface area (Å²) in [6.45, 7) is 2.10. The highest BCUT2D eigenvalue weighted by molar-refractivity contribution is 5.90. The fourth-order valence-electron chi connectivity index (χ4n) is 4.61. The second-order valence-corrected chi connectivity index (χ2v) is 9.39. The first-order valence-corrected chi connectivity index (χ1v) is 12.2. The van der Waals surface area contributed by atoms with Gasteiger partial charge in [0.1, 0.15) is 5.75 Å². The first-order valence-electron chi connectivity index (χ1n) is 12.2. The van der Waals surface area contributed by atoms with Crippen molar-refractivity contribution in [3.63, 3.8) is 0 Å². The normalized spacial score (nSPS) is 16.1. The fraction of sp³-hybridized carbons (Fsp3) is 0.370. The Hall–Kier alpha value is -3.43. The van der Waals surface area contributed by atoms with Gasteiger partial charge in [-0.25, -0.2) is 18.4 Å². The molecule has 1 aromatic carbocycles. The predicted molar refractivity (Wildman–Crippen MR) is 133 cm³/mol. The maximum atomic E-state index is 13.4. The van der Waals surface area contributed by atoms with Gasteiger partial charge in [-0.05, 0) is 42.8 Å². The minimum absolute atomic E-state index is 0.161. The molecule has 1 unspecified atom stereocenters. The topological polar surface area (TPSA) is 99.1 Å². The molecule has 5 rings (SSSR count). The van der Waals surface area contributed by atoms with Crippen molar-refractivity contribution in [2.24, 2.45) is 11.7 Å². The molecule has 0 radical (unpaired) electrons. The van der Waals surface area contributed by atoms with E-state index in [1.807, 2.05) is 30.3 Å². The van der Waals surface area contributed by atoms with Crippen molar-refractivity contribution in [3.05, 3.63) is 66.1 Å². The van der Waals surface area contributed by atoms with Crippen LogP contribution in [0.4, 0.5) is 8.78 Å². The average molecular weight is 494 g/mol. The van der Waals surface area contributed by atoms with Crippen LogP contribution in [0.3, 0.4) is 0 Å². The molecule has 0 spiro atoms. The monoisotopic (exact) mass is 493 g/mol. The van der Waals surface area contributed by atoms with Crippen LogP contribution in [-0.2, 0) is 6.61 Å². The zero-order valence-corrected chi connectivity index (χ0v) is 20.1. The third kappa shape index (κ3) is 4.94. The number of nitrogens with two attached hydrogens (primary N) is 1. The molecule has 188 valence electrons. The van der Waals surface area contributed by atoms with E-state index in [0.717, 1.165) is 40.7 Å². The van der Waals surface area contributed by atoms with Gasteiger partial charge in [-0.2, -0.15) is 5.10 Å². The van der Waals surface area contributed by atoms with Gasteiger partial charge in [0.25, 0.3) is 0 Å². The van der Waals surface area contributed by atoms with E-state index in [1.54, 1.807) is 29.1 Å². The van der Waals surface area contributed by atoms with Crippen LogP contribution in [0.15, 0.2) is 54.7 Å². The standard InChI is InChI=1S/C27H29F2N5O2/c1-2-5-21(30)23-8-4-7-22(33-23)18-10-24-20(25(11-18)36-16-17-12-27(28,29)13-17)14-31-34(24)26-9-3-6-19(15-35)32-26/h3-4,6-11,14,17,21,35H,2,5,12-13,15-16,30H2,1H3. The molecule has 0 saturated heterocycles. The highest BCUT2D eigenvalue weighted by Gasteiger charge is 2.45. The molecule has 36 heavy (non-hydrogen) atoms. The molecule has 1 atom stereocenters. The number of alkyl halides is 2. The van der Waals surface area contributed by atoms with Crippen LogP contribution in [0.2, 0.25) is 0 Å². The van der Waals surface area contributed by atoms with Crippen LogP contribution < -0.4 is 10.5 Å². The molecule has 1 fully saturated rings. The van der Waals surface area contributed by atoms with E-state index in [2.05, 4.69) is 17.0 Å². The number of hydrogen-bond acceptors (Lipinski definition) is 6. The Morgan fingerprint density at radius 3 is 2.72 bits per heavy atom. The van der Waals surface area contributed by atoms with Crippen molar-refractivity contribution in [2.75, 3.05) is 6.61 Å². The zero-order chi connectivity index (χ0) is 25.3. The predicted octanol–water partition coefficient (Wildman–Crippen LogP) is 5.20. The number of benzene rings is 1. The lowest BCUT2D eigenvalue weighted by Gasteiger charge is -2.34. The summed E-state index contributed by atoms with van der Waals surface area (Å²) in [5.41, 5.74) is 9.90. The van der Waals surface area contributed by atoms with Crippen LogP contribution in [0.5, 0.6) is 5.75 Å². The molecular formula is C27H29F2N5O2. The van der Waals surface area contributed by atoms with Gasteiger partial charge < -0.3 is 15.6 Å². The summed E-state index contributed by atoms with van der Waals surface area (Å²) in [4.78, 5) is 9.29. The summed E-state index contributed by atoms with van der Waals surface area (Å²) in [5.74, 6) is -1.69. The quantitative estimate of drug-likeness (QED) is 0.333. The number of aromatic nitrogens is 4. The van der Waals surface area contributed by atoms with Gasteiger partial charge in [-0.3, -0.25) is 4.98 Å². The van der Waals surface area contributed by atoms with Crippen LogP contribution in [0.25, 0.3) is 28.0 Å². The number of rotatable bonds is 9. The lowest BCUT2D eigenvalue weighted by Crippen LogP contribution is -2.38. The van der Waals surface area contributed by atoms with Crippen molar-refractivity contribution in [1.82, 2.24) is 19.7 Å². The summed E-state index contributed by atoms with van der Waals surface area (Å²) >= 11 is 0. The van der Waals surface area contributed by atoms with E-state index < -0.39 is 5.92 Å². The summed E-state index contributed by atoms with van der Waals surface area (Å²) in [7, 11) is 0. The van der Waals surface area contributed by atoms with E-state index in [4.69, 9.17) is 15.5 Å². The number of hydrogen-bond donors (Lipinski definition) is 2. The van der Waals surface area contributed by atoms with Crippen LogP contribution in [0.1, 0.15) is 50.0 Å². The van der Waals surface area contributed by atoms with Crippen molar-refractivity contribution in [1.29, 1.82) is 0 Å². The largest absolute Gasteiger partial charge is 0.493 e. The second kappa shape index (κ2) is 9.91. The molecule has 3 heterocycles. The number of pyridine rings is 2. The number of aliphatic hydroxyl groups is 1. The Morgan fingerprint density at radius 2 is 1.97 bits per heavy atom. The molecule has 1 aliphatic rings. The molecule has 7 nitrogen and oxygen atoms in total. The fourth-order valence-corrected chi connectivity index (χ4v) is 4.61. The number of fused-ring (bicyclic) bond motifs is 1. The molecule has 4 aromatic rings. The number of aliphatic hydroxyl groups excluding tert-OH is 1. The second-order valence-electron chi connectivity index (χ2n) is 9.39. The first-order chi connectivity index (χ1) is 17.4. The molecule has 1 aliphatic carbocycles. The van der Waals surface area contributed by atoms with Crippen molar-refractivity contribution in [2.45, 2.75) is 51.2 Å². The Labute approximate surface area is 207 Å². The Morgan fingerprint density at radius 1 is 1.17 bits per heavy atom. The van der Waals surface area contributed by atoms with Crippen LogP contribution >= 0.6 is 0 Å². The zero-order valence-electron chi connectivity index (χ0n) is 20.1. The van der Waals surface area contributed by atoms with Gasteiger partial charge in [0.2, 0.25) is 5.92 Å². The minimum atomic E-state index is -2.60. The number of ether oxygens (including phenoxy) is 1. The van der Waals surface area contributed by atoms with Gasteiger partial charge in [-0.1, -0.05) is 25.5 Å². The van der Waals surface area contributed by atoms with Crippen LogP contribution in [-0.4, -0.2) is 37.4 Å². The van der Waals surface area contributed by atoms with Gasteiger partial charge in [-0.15, -0.1) is 0 Å². The van der Waals surface area contributed by atoms with E-state index in [0.29, 0.717) is 17.3 Å². The lowest BCUT2D eigenvalue weighted by molar-refractivity contribution is -0.118. The lowest BCUT2D eigenvalue weighted by atomic mass is 9.82. The van der Waals surface area contributed by atoms with Gasteiger partial charge in [0.15, 0.2) is 5.82 Å². The highest BCUT2D eigenvalue weighted by Crippen LogP contribution is 2.43. The van der Waals surface area contributed by atoms with Crippen LogP contribution in [0, 0.1) is 5.92 Å². The molecule has 0 aliphatic heterocycles. The molecule has 1 saturated carbocycles. The third-order valence-electron chi connectivity index (χ3n) is 6.52. The van der Waals surface area contributed by atoms with E-state index >= 15 is 0 Å². The van der Waals surface area contributed by atoms with Crippen molar-refractivity contribution >= 4 is 10.9 Å². The summed E-state index contributed by atoms with van der Waals surface area (Å²) < 4.78 is 34.5. The maximum Gasteiger partial charge on any atom is 0.248 e. The average Bonchev–Trinajstić information content (AvgIpc) is 3.30. The summed E-state index contributed by atoms with van der Waals surface area (Å²) in [6.07, 6.45) is 3.14. The van der Waals surface area contributed by atoms with Gasteiger partial charge >= 0.3 is 0 Å². The van der Waals surface area contributed by atoms with Crippen molar-refractivity contribution in [3.8, 4) is 22.8 Å². The smallest absolute Gasteiger partial charge is 0.248 e. The molecule has 9 heteroatoms. The number of halogens is 2. The van der Waals surface area contributed by atoms with E-state index in [1.165, 1.54) is 0 Å². The summed E-state index contributed by atoms with van der Waals surface area (Å²) in [5, 5.41) is 14.8. The Balaban J connectivity index is 1.57. The highest BCUT2D eigenvalue weighted by atomic mass is 19.3. The van der Waals surface area contributed by atoms with Crippen molar-refractivity contribution < 1.29 is 18.6 Å². The number of nitrogens with zero attached hydrogens (tertiary/aromatic N) is 4. The molecule has 0 amide bonds. The van der Waals surface area contributed by atoms with E-state index in [-0.39, 0.29) is 38.0 Å². The summed E-state index contributed by atoms with van der Waals surface area (Å²) in [6, 6.07) is 14.8. The SMILES string of the molecule is CCCC(N)c1cccc(-c2cc(OCC3CC(F)(F)C3)c3cnn(-c4cccc(CO)n4)c3c2)n1. The first kappa shape index (κ1) is 24.3. The van der Waals surface area contributed by atoms with Gasteiger partial charge in [0.05, 0.1) is 47.4 Å². The minimum Gasteiger partial charge on any atom is -0.493 e. The van der Waals surface area contributed by atoms with Gasteiger partial charge in [0, 0.05) is 30.4 Å². The Kier molecular flexibility index (Phi) is 6.68. The molecule has 3 aromatic heterocycles.